The molecule has 1 aromatic heterocycles. The molecule has 2 aromatic carbocycles. The molecule has 7 heteroatoms. The van der Waals surface area contributed by atoms with Gasteiger partial charge in [0.1, 0.15) is 22.8 Å². The van der Waals surface area contributed by atoms with Gasteiger partial charge in [0.05, 0.1) is 18.3 Å². The molecule has 0 bridgehead atoms. The van der Waals surface area contributed by atoms with E-state index in [9.17, 15) is 9.59 Å². The van der Waals surface area contributed by atoms with E-state index in [0.717, 1.165) is 17.3 Å². The fourth-order valence-corrected chi connectivity index (χ4v) is 3.13. The molecular formula is C23H25N3O4. The number of hydrogen-bond donors (Lipinski definition) is 2. The van der Waals surface area contributed by atoms with Gasteiger partial charge in [-0.2, -0.15) is 0 Å². The molecule has 0 radical (unpaired) electrons. The zero-order valence-electron chi connectivity index (χ0n) is 17.1. The van der Waals surface area contributed by atoms with Crippen molar-refractivity contribution < 1.29 is 19.1 Å². The molecule has 0 spiro atoms. The van der Waals surface area contributed by atoms with E-state index in [1.165, 1.54) is 13.0 Å². The van der Waals surface area contributed by atoms with Crippen molar-refractivity contribution in [1.29, 1.82) is 0 Å². The number of primary amides is 1. The van der Waals surface area contributed by atoms with E-state index in [1.54, 1.807) is 18.2 Å². The molecule has 1 unspecified atom stereocenters. The maximum absolute atomic E-state index is 11.7. The summed E-state index contributed by atoms with van der Waals surface area (Å²) >= 11 is 0. The van der Waals surface area contributed by atoms with Gasteiger partial charge in [-0.25, -0.2) is 4.98 Å². The molecular weight excluding hydrogens is 382 g/mol. The molecule has 1 amide bonds. The molecule has 30 heavy (non-hydrogen) atoms. The van der Waals surface area contributed by atoms with Gasteiger partial charge in [0.15, 0.2) is 5.78 Å². The van der Waals surface area contributed by atoms with Gasteiger partial charge in [0, 0.05) is 10.9 Å². The minimum atomic E-state index is -0.632. The Balaban J connectivity index is 1.57. The van der Waals surface area contributed by atoms with E-state index < -0.39 is 5.91 Å². The third kappa shape index (κ3) is 5.05. The predicted molar refractivity (Wildman–Crippen MR) is 116 cm³/mol. The summed E-state index contributed by atoms with van der Waals surface area (Å²) in [6.45, 7) is 3.79. The van der Waals surface area contributed by atoms with E-state index >= 15 is 0 Å². The van der Waals surface area contributed by atoms with Crippen molar-refractivity contribution in [3.8, 4) is 11.5 Å². The number of carbonyl (C=O) groups excluding carboxylic acids is 2. The average molecular weight is 407 g/mol. The molecule has 3 aromatic rings. The number of aromatic nitrogens is 1. The van der Waals surface area contributed by atoms with E-state index in [2.05, 4.69) is 4.98 Å². The molecule has 1 heterocycles. The van der Waals surface area contributed by atoms with Crippen LogP contribution in [0.15, 0.2) is 48.5 Å². The number of para-hydroxylation sites is 1. The molecule has 3 rings (SSSR count). The lowest BCUT2D eigenvalue weighted by Crippen LogP contribution is -2.16. The van der Waals surface area contributed by atoms with Crippen LogP contribution in [0.5, 0.6) is 11.5 Å². The number of nitrogens with two attached hydrogens (primary N) is 2. The first-order chi connectivity index (χ1) is 14.3. The monoisotopic (exact) mass is 407 g/mol. The highest BCUT2D eigenvalue weighted by atomic mass is 16.5. The highest BCUT2D eigenvalue weighted by Gasteiger charge is 2.13. The summed E-state index contributed by atoms with van der Waals surface area (Å²) in [5.41, 5.74) is 12.6. The van der Waals surface area contributed by atoms with Gasteiger partial charge in [0.2, 0.25) is 0 Å². The van der Waals surface area contributed by atoms with E-state index in [0.29, 0.717) is 35.9 Å². The Labute approximate surface area is 175 Å². The van der Waals surface area contributed by atoms with Gasteiger partial charge >= 0.3 is 0 Å². The van der Waals surface area contributed by atoms with Crippen molar-refractivity contribution in [2.24, 2.45) is 5.73 Å². The first-order valence-corrected chi connectivity index (χ1v) is 9.74. The van der Waals surface area contributed by atoms with Crippen molar-refractivity contribution in [2.45, 2.75) is 32.8 Å². The molecule has 1 atom stereocenters. The van der Waals surface area contributed by atoms with Crippen LogP contribution in [-0.2, 0) is 0 Å². The van der Waals surface area contributed by atoms with Gasteiger partial charge in [-0.1, -0.05) is 12.1 Å². The fraction of sp³-hybridized carbons (Fsp3) is 0.261. The zero-order chi connectivity index (χ0) is 21.7. The molecule has 0 aliphatic heterocycles. The summed E-state index contributed by atoms with van der Waals surface area (Å²) in [6, 6.07) is 14.1. The molecule has 0 aliphatic carbocycles. The summed E-state index contributed by atoms with van der Waals surface area (Å²) in [6.07, 6.45) is 1.36. The second kappa shape index (κ2) is 9.26. The van der Waals surface area contributed by atoms with Crippen molar-refractivity contribution in [3.05, 3.63) is 59.7 Å². The van der Waals surface area contributed by atoms with Crippen LogP contribution in [0.25, 0.3) is 10.9 Å². The van der Waals surface area contributed by atoms with E-state index in [1.807, 2.05) is 31.2 Å². The van der Waals surface area contributed by atoms with Gasteiger partial charge in [-0.05, 0) is 63.1 Å². The number of anilines is 1. The normalized spacial score (nSPS) is 11.8. The lowest BCUT2D eigenvalue weighted by atomic mass is 10.1. The van der Waals surface area contributed by atoms with Crippen LogP contribution < -0.4 is 20.9 Å². The average Bonchev–Trinajstić information content (AvgIpc) is 2.71. The number of benzene rings is 2. The number of Topliss-reactive ketones (excluding diaryl/α,β-unsaturated/α-hetero) is 1. The summed E-state index contributed by atoms with van der Waals surface area (Å²) in [7, 11) is 0. The Morgan fingerprint density at radius 1 is 1.10 bits per heavy atom. The maximum atomic E-state index is 11.7. The molecule has 0 saturated heterocycles. The SMILES string of the molecule is CC(=O)c1ccc(OCCCC(C)Oc2cccc3ccc(N)nc23)c(C(N)=O)c1. The molecule has 0 saturated carbocycles. The third-order valence-corrected chi connectivity index (χ3v) is 4.70. The highest BCUT2D eigenvalue weighted by molar-refractivity contribution is 6.00. The fourth-order valence-electron chi connectivity index (χ4n) is 3.13. The number of nitrogen functional groups attached to an aromatic ring is 1. The van der Waals surface area contributed by atoms with Crippen molar-refractivity contribution in [3.63, 3.8) is 0 Å². The maximum Gasteiger partial charge on any atom is 0.252 e. The van der Waals surface area contributed by atoms with Gasteiger partial charge in [-0.15, -0.1) is 0 Å². The minimum absolute atomic E-state index is 0.0712. The van der Waals surface area contributed by atoms with Crippen molar-refractivity contribution in [1.82, 2.24) is 4.98 Å². The number of ketones is 1. The van der Waals surface area contributed by atoms with Crippen LogP contribution in [0.1, 0.15) is 47.4 Å². The lowest BCUT2D eigenvalue weighted by Gasteiger charge is -2.16. The summed E-state index contributed by atoms with van der Waals surface area (Å²) < 4.78 is 11.8. The summed E-state index contributed by atoms with van der Waals surface area (Å²) in [5.74, 6) is 0.728. The summed E-state index contributed by atoms with van der Waals surface area (Å²) in [5, 5.41) is 0.963. The Hall–Kier alpha value is -3.61. The zero-order valence-corrected chi connectivity index (χ0v) is 17.1. The molecule has 156 valence electrons. The van der Waals surface area contributed by atoms with Crippen LogP contribution in [-0.4, -0.2) is 29.4 Å². The second-order valence-corrected chi connectivity index (χ2v) is 7.11. The largest absolute Gasteiger partial charge is 0.493 e. The Bertz CT molecular complexity index is 1080. The standard InChI is InChI=1S/C23H25N3O4/c1-14(30-20-7-3-6-16-9-11-21(24)26-22(16)20)5-4-12-29-19-10-8-17(15(2)27)13-18(19)23(25)28/h3,6-11,13-14H,4-5,12H2,1-2H3,(H2,24,26)(H2,25,28). The Morgan fingerprint density at radius 3 is 2.63 bits per heavy atom. The van der Waals surface area contributed by atoms with E-state index in [-0.39, 0.29) is 17.5 Å². The van der Waals surface area contributed by atoms with Gasteiger partial charge < -0.3 is 20.9 Å². The smallest absolute Gasteiger partial charge is 0.252 e. The van der Waals surface area contributed by atoms with Crippen molar-refractivity contribution >= 4 is 28.4 Å². The third-order valence-electron chi connectivity index (χ3n) is 4.70. The number of pyridine rings is 1. The van der Waals surface area contributed by atoms with Crippen LogP contribution in [0.3, 0.4) is 0 Å². The molecule has 7 nitrogen and oxygen atoms in total. The highest BCUT2D eigenvalue weighted by Crippen LogP contribution is 2.26. The van der Waals surface area contributed by atoms with Gasteiger partial charge in [0.25, 0.3) is 5.91 Å². The number of rotatable bonds is 9. The number of hydrogen-bond acceptors (Lipinski definition) is 6. The quantitative estimate of drug-likeness (QED) is 0.412. The molecule has 4 N–H and O–H groups in total. The number of nitrogens with zero attached hydrogens (tertiary/aromatic N) is 1. The molecule has 0 aliphatic rings. The first-order valence-electron chi connectivity index (χ1n) is 9.74. The Kier molecular flexibility index (Phi) is 6.51. The first kappa shape index (κ1) is 21.1. The van der Waals surface area contributed by atoms with Crippen LogP contribution in [0.2, 0.25) is 0 Å². The van der Waals surface area contributed by atoms with E-state index in [4.69, 9.17) is 20.9 Å². The number of carbonyl (C=O) groups is 2. The lowest BCUT2D eigenvalue weighted by molar-refractivity contribution is 0.0995. The summed E-state index contributed by atoms with van der Waals surface area (Å²) in [4.78, 5) is 27.5. The van der Waals surface area contributed by atoms with Crippen LogP contribution in [0.4, 0.5) is 5.82 Å². The number of ether oxygens (including phenoxy) is 2. The molecule has 0 fully saturated rings. The predicted octanol–water partition coefficient (Wildman–Crippen LogP) is 3.75. The topological polar surface area (TPSA) is 118 Å². The van der Waals surface area contributed by atoms with Gasteiger partial charge in [-0.3, -0.25) is 9.59 Å². The number of amides is 1. The van der Waals surface area contributed by atoms with Crippen LogP contribution >= 0.6 is 0 Å². The van der Waals surface area contributed by atoms with Crippen molar-refractivity contribution in [2.75, 3.05) is 12.3 Å². The Morgan fingerprint density at radius 2 is 1.90 bits per heavy atom. The second-order valence-electron chi connectivity index (χ2n) is 7.11. The van der Waals surface area contributed by atoms with Crippen LogP contribution in [0, 0.1) is 0 Å². The minimum Gasteiger partial charge on any atom is -0.493 e. The number of fused-ring (bicyclic) bond motifs is 1.